The molecule has 0 fully saturated rings. The summed E-state index contributed by atoms with van der Waals surface area (Å²) < 4.78 is 10.2. The Morgan fingerprint density at radius 2 is 1.23 bits per heavy atom. The van der Waals surface area contributed by atoms with E-state index in [-0.39, 0.29) is 8.46 Å². The van der Waals surface area contributed by atoms with E-state index in [1.807, 2.05) is 0 Å². The third-order valence-corrected chi connectivity index (χ3v) is 2.94. The van der Waals surface area contributed by atoms with Crippen LogP contribution in [0, 0.1) is 0 Å². The SMILES string of the molecule is CCCCCCCCCCC[PH+]=O. The molecule has 1 unspecified atom stereocenters. The standard InChI is InChI=1S/C11H23OP/c1-2-3-4-5-6-7-8-9-10-11-13-12/h2-11H2,1H3/p+1. The highest BCUT2D eigenvalue weighted by atomic mass is 31.1. The zero-order valence-corrected chi connectivity index (χ0v) is 9.98. The normalized spacial score (nSPS) is 10.8. The maximum atomic E-state index is 10.2. The van der Waals surface area contributed by atoms with Crippen LogP contribution < -0.4 is 0 Å². The van der Waals surface area contributed by atoms with Crippen molar-refractivity contribution in [1.82, 2.24) is 0 Å². The summed E-state index contributed by atoms with van der Waals surface area (Å²) in [6, 6.07) is 0. The second kappa shape index (κ2) is 12.1. The van der Waals surface area contributed by atoms with E-state index in [2.05, 4.69) is 6.92 Å². The molecule has 0 aromatic heterocycles. The van der Waals surface area contributed by atoms with Gasteiger partial charge in [-0.05, 0) is 12.8 Å². The first-order valence-corrected chi connectivity index (χ1v) is 6.88. The molecular formula is C11H24OP+. The van der Waals surface area contributed by atoms with E-state index in [9.17, 15) is 4.57 Å². The van der Waals surface area contributed by atoms with E-state index in [0.717, 1.165) is 12.6 Å². The predicted molar refractivity (Wildman–Crippen MR) is 61.1 cm³/mol. The molecule has 0 bridgehead atoms. The molecule has 0 amide bonds. The van der Waals surface area contributed by atoms with Crippen molar-refractivity contribution in [3.8, 4) is 0 Å². The number of hydrogen-bond acceptors (Lipinski definition) is 1. The minimum absolute atomic E-state index is 0.0801. The van der Waals surface area contributed by atoms with Crippen LogP contribution in [0.4, 0.5) is 0 Å². The molecule has 0 N–H and O–H groups in total. The van der Waals surface area contributed by atoms with Crippen LogP contribution in [-0.2, 0) is 4.57 Å². The highest BCUT2D eigenvalue weighted by Crippen LogP contribution is 2.10. The van der Waals surface area contributed by atoms with Crippen molar-refractivity contribution in [3.63, 3.8) is 0 Å². The van der Waals surface area contributed by atoms with E-state index >= 15 is 0 Å². The van der Waals surface area contributed by atoms with Crippen molar-refractivity contribution in [2.75, 3.05) is 6.16 Å². The van der Waals surface area contributed by atoms with Crippen LogP contribution in [0.25, 0.3) is 0 Å². The minimum Gasteiger partial charge on any atom is -0.0775 e. The van der Waals surface area contributed by atoms with Crippen LogP contribution in [0.1, 0.15) is 64.7 Å². The van der Waals surface area contributed by atoms with E-state index in [1.165, 1.54) is 51.4 Å². The molecule has 0 spiro atoms. The summed E-state index contributed by atoms with van der Waals surface area (Å²) in [5.41, 5.74) is 0. The Labute approximate surface area is 84.5 Å². The molecule has 1 nitrogen and oxygen atoms in total. The molecule has 0 aliphatic heterocycles. The summed E-state index contributed by atoms with van der Waals surface area (Å²) >= 11 is 0. The fourth-order valence-electron chi connectivity index (χ4n) is 1.51. The second-order valence-electron chi connectivity index (χ2n) is 3.72. The van der Waals surface area contributed by atoms with Crippen molar-refractivity contribution in [2.45, 2.75) is 64.7 Å². The smallest absolute Gasteiger partial charge is 0.0775 e. The highest BCUT2D eigenvalue weighted by molar-refractivity contribution is 7.23. The molecule has 0 aliphatic rings. The molecular weight excluding hydrogens is 179 g/mol. The fourth-order valence-corrected chi connectivity index (χ4v) is 1.90. The Balaban J connectivity index is 2.79. The molecule has 13 heavy (non-hydrogen) atoms. The molecule has 2 heteroatoms. The van der Waals surface area contributed by atoms with Crippen molar-refractivity contribution >= 4 is 8.46 Å². The average Bonchev–Trinajstić information content (AvgIpc) is 2.16. The van der Waals surface area contributed by atoms with Crippen LogP contribution in [0.15, 0.2) is 0 Å². The minimum atomic E-state index is -0.0801. The fraction of sp³-hybridized carbons (Fsp3) is 1.00. The van der Waals surface area contributed by atoms with Gasteiger partial charge in [0.15, 0.2) is 0 Å². The van der Waals surface area contributed by atoms with Crippen molar-refractivity contribution < 1.29 is 4.57 Å². The first kappa shape index (κ1) is 13.1. The molecule has 0 radical (unpaired) electrons. The van der Waals surface area contributed by atoms with Crippen LogP contribution in [-0.4, -0.2) is 6.16 Å². The van der Waals surface area contributed by atoms with Crippen molar-refractivity contribution in [2.24, 2.45) is 0 Å². The summed E-state index contributed by atoms with van der Waals surface area (Å²) in [7, 11) is -0.0801. The average molecular weight is 203 g/mol. The van der Waals surface area contributed by atoms with Gasteiger partial charge in [-0.15, -0.1) is 0 Å². The maximum absolute atomic E-state index is 10.2. The summed E-state index contributed by atoms with van der Waals surface area (Å²) in [5.74, 6) is 0. The van der Waals surface area contributed by atoms with Crippen LogP contribution >= 0.6 is 8.46 Å². The van der Waals surface area contributed by atoms with Gasteiger partial charge in [0.05, 0.1) is 0 Å². The van der Waals surface area contributed by atoms with Gasteiger partial charge in [0.25, 0.3) is 0 Å². The first-order chi connectivity index (χ1) is 6.41. The Morgan fingerprint density at radius 3 is 1.69 bits per heavy atom. The molecule has 0 aromatic carbocycles. The summed E-state index contributed by atoms with van der Waals surface area (Å²) in [6.45, 7) is 2.25. The third kappa shape index (κ3) is 12.1. The van der Waals surface area contributed by atoms with Crippen molar-refractivity contribution in [3.05, 3.63) is 0 Å². The second-order valence-corrected chi connectivity index (χ2v) is 4.51. The Bertz CT molecular complexity index is 104. The van der Waals surface area contributed by atoms with Gasteiger partial charge in [0.2, 0.25) is 0 Å². The molecule has 1 atom stereocenters. The van der Waals surface area contributed by atoms with Gasteiger partial charge in [-0.3, -0.25) is 0 Å². The largest absolute Gasteiger partial charge is 0.324 e. The molecule has 0 saturated heterocycles. The summed E-state index contributed by atoms with van der Waals surface area (Å²) in [6.07, 6.45) is 13.1. The number of hydrogen-bond donors (Lipinski definition) is 0. The van der Waals surface area contributed by atoms with Gasteiger partial charge < -0.3 is 0 Å². The van der Waals surface area contributed by atoms with E-state index in [4.69, 9.17) is 0 Å². The van der Waals surface area contributed by atoms with Gasteiger partial charge in [-0.1, -0.05) is 56.4 Å². The van der Waals surface area contributed by atoms with Crippen LogP contribution in [0.3, 0.4) is 0 Å². The number of rotatable bonds is 10. The predicted octanol–water partition coefficient (Wildman–Crippen LogP) is 4.54. The van der Waals surface area contributed by atoms with E-state index in [0.29, 0.717) is 0 Å². The lowest BCUT2D eigenvalue weighted by molar-refractivity contribution is 0.569. The van der Waals surface area contributed by atoms with Crippen molar-refractivity contribution in [1.29, 1.82) is 0 Å². The summed E-state index contributed by atoms with van der Waals surface area (Å²) in [4.78, 5) is 0. The van der Waals surface area contributed by atoms with Crippen LogP contribution in [0.2, 0.25) is 0 Å². The monoisotopic (exact) mass is 203 g/mol. The Morgan fingerprint density at radius 1 is 0.769 bits per heavy atom. The quantitative estimate of drug-likeness (QED) is 0.376. The zero-order valence-electron chi connectivity index (χ0n) is 8.98. The lowest BCUT2D eigenvalue weighted by Gasteiger charge is -1.99. The third-order valence-electron chi connectivity index (χ3n) is 2.38. The molecule has 0 heterocycles. The Hall–Kier alpha value is 0.100. The van der Waals surface area contributed by atoms with Gasteiger partial charge in [-0.25, -0.2) is 0 Å². The first-order valence-electron chi connectivity index (χ1n) is 5.76. The molecule has 0 saturated carbocycles. The molecule has 0 aromatic rings. The van der Waals surface area contributed by atoms with Gasteiger partial charge in [0, 0.05) is 0 Å². The molecule has 0 rings (SSSR count). The lowest BCUT2D eigenvalue weighted by atomic mass is 10.1. The van der Waals surface area contributed by atoms with Gasteiger partial charge in [-0.2, -0.15) is 0 Å². The molecule has 0 aliphatic carbocycles. The summed E-state index contributed by atoms with van der Waals surface area (Å²) in [5, 5.41) is 0. The lowest BCUT2D eigenvalue weighted by Crippen LogP contribution is -1.81. The van der Waals surface area contributed by atoms with Crippen LogP contribution in [0.5, 0.6) is 0 Å². The zero-order chi connectivity index (χ0) is 9.78. The topological polar surface area (TPSA) is 17.1 Å². The van der Waals surface area contributed by atoms with Gasteiger partial charge in [0.1, 0.15) is 6.16 Å². The Kier molecular flexibility index (Phi) is 12.2. The van der Waals surface area contributed by atoms with E-state index in [1.54, 1.807) is 0 Å². The highest BCUT2D eigenvalue weighted by Gasteiger charge is 1.93. The molecule has 78 valence electrons. The number of unbranched alkanes of at least 4 members (excludes halogenated alkanes) is 8. The maximum Gasteiger partial charge on any atom is 0.324 e. The van der Waals surface area contributed by atoms with Gasteiger partial charge >= 0.3 is 8.46 Å². The van der Waals surface area contributed by atoms with E-state index < -0.39 is 0 Å².